The van der Waals surface area contributed by atoms with Gasteiger partial charge < -0.3 is 19.7 Å². The molecule has 0 aromatic carbocycles. The Bertz CT molecular complexity index is 455. The first kappa shape index (κ1) is 14.7. The lowest BCUT2D eigenvalue weighted by atomic mass is 10.3. The zero-order chi connectivity index (χ0) is 14.5. The predicted octanol–water partition coefficient (Wildman–Crippen LogP) is 0.999. The van der Waals surface area contributed by atoms with Crippen molar-refractivity contribution in [3.05, 3.63) is 23.9 Å². The maximum absolute atomic E-state index is 12.5. The van der Waals surface area contributed by atoms with Gasteiger partial charge in [-0.05, 0) is 19.1 Å². The Labute approximate surface area is 119 Å². The standard InChI is InChI=1S/C14H21N3O3/c1-4-15-13-7-5-6-10(16-13)14(18)17-8-11(19-2)12(9-17)20-3/h5-7,11-12H,4,8-9H2,1-3H3,(H,15,16). The van der Waals surface area contributed by atoms with Gasteiger partial charge in [0.05, 0.1) is 0 Å². The normalized spacial score (nSPS) is 22.1. The van der Waals surface area contributed by atoms with Gasteiger partial charge in [0.2, 0.25) is 0 Å². The van der Waals surface area contributed by atoms with Crippen molar-refractivity contribution < 1.29 is 14.3 Å². The number of carbonyl (C=O) groups excluding carboxylic acids is 1. The maximum atomic E-state index is 12.5. The summed E-state index contributed by atoms with van der Waals surface area (Å²) in [5, 5.41) is 3.10. The van der Waals surface area contributed by atoms with Crippen LogP contribution in [-0.2, 0) is 9.47 Å². The molecular weight excluding hydrogens is 258 g/mol. The molecule has 2 heterocycles. The number of nitrogens with one attached hydrogen (secondary N) is 1. The second-order valence-corrected chi connectivity index (χ2v) is 4.70. The van der Waals surface area contributed by atoms with Crippen molar-refractivity contribution in [2.24, 2.45) is 0 Å². The van der Waals surface area contributed by atoms with Crippen molar-refractivity contribution in [2.45, 2.75) is 19.1 Å². The van der Waals surface area contributed by atoms with Crippen molar-refractivity contribution >= 4 is 11.7 Å². The van der Waals surface area contributed by atoms with Gasteiger partial charge in [-0.1, -0.05) is 6.07 Å². The highest BCUT2D eigenvalue weighted by atomic mass is 16.5. The minimum atomic E-state index is -0.0913. The molecule has 1 aliphatic rings. The molecule has 1 aromatic heterocycles. The third-order valence-electron chi connectivity index (χ3n) is 3.43. The molecule has 0 saturated carbocycles. The minimum Gasteiger partial charge on any atom is -0.377 e. The van der Waals surface area contributed by atoms with E-state index >= 15 is 0 Å². The van der Waals surface area contributed by atoms with Crippen LogP contribution in [0.5, 0.6) is 0 Å². The molecule has 1 saturated heterocycles. The van der Waals surface area contributed by atoms with Crippen molar-refractivity contribution in [1.29, 1.82) is 0 Å². The van der Waals surface area contributed by atoms with Crippen LogP contribution in [0.4, 0.5) is 5.82 Å². The summed E-state index contributed by atoms with van der Waals surface area (Å²) in [6.45, 7) is 3.82. The van der Waals surface area contributed by atoms with E-state index in [9.17, 15) is 4.79 Å². The van der Waals surface area contributed by atoms with E-state index in [-0.39, 0.29) is 18.1 Å². The lowest BCUT2D eigenvalue weighted by Crippen LogP contribution is -2.30. The van der Waals surface area contributed by atoms with Crippen molar-refractivity contribution in [1.82, 2.24) is 9.88 Å². The first-order valence-corrected chi connectivity index (χ1v) is 6.75. The molecule has 2 rings (SSSR count). The molecule has 2 unspecified atom stereocenters. The summed E-state index contributed by atoms with van der Waals surface area (Å²) in [4.78, 5) is 18.5. The molecule has 1 aliphatic heterocycles. The van der Waals surface area contributed by atoms with Crippen LogP contribution in [0.25, 0.3) is 0 Å². The molecule has 0 aliphatic carbocycles. The van der Waals surface area contributed by atoms with Crippen LogP contribution in [-0.4, -0.2) is 61.9 Å². The summed E-state index contributed by atoms with van der Waals surface area (Å²) in [6.07, 6.45) is -0.165. The number of pyridine rings is 1. The van der Waals surface area contributed by atoms with Gasteiger partial charge in [-0.25, -0.2) is 4.98 Å². The predicted molar refractivity (Wildman–Crippen MR) is 75.9 cm³/mol. The monoisotopic (exact) mass is 279 g/mol. The number of methoxy groups -OCH3 is 2. The van der Waals surface area contributed by atoms with E-state index in [1.165, 1.54) is 0 Å². The van der Waals surface area contributed by atoms with E-state index in [4.69, 9.17) is 9.47 Å². The number of amides is 1. The molecule has 20 heavy (non-hydrogen) atoms. The summed E-state index contributed by atoms with van der Waals surface area (Å²) in [7, 11) is 3.27. The Morgan fingerprint density at radius 1 is 1.35 bits per heavy atom. The Kier molecular flexibility index (Phi) is 4.92. The minimum absolute atomic E-state index is 0.0825. The smallest absolute Gasteiger partial charge is 0.272 e. The number of anilines is 1. The highest BCUT2D eigenvalue weighted by molar-refractivity contribution is 5.93. The molecular formula is C14H21N3O3. The average molecular weight is 279 g/mol. The van der Waals surface area contributed by atoms with Crippen molar-refractivity contribution in [3.63, 3.8) is 0 Å². The van der Waals surface area contributed by atoms with Crippen LogP contribution >= 0.6 is 0 Å². The van der Waals surface area contributed by atoms with E-state index in [1.807, 2.05) is 19.1 Å². The fourth-order valence-corrected chi connectivity index (χ4v) is 2.36. The first-order valence-electron chi connectivity index (χ1n) is 6.75. The van der Waals surface area contributed by atoms with E-state index in [0.29, 0.717) is 24.6 Å². The van der Waals surface area contributed by atoms with Crippen molar-refractivity contribution in [3.8, 4) is 0 Å². The molecule has 1 amide bonds. The summed E-state index contributed by atoms with van der Waals surface area (Å²) >= 11 is 0. The third kappa shape index (κ3) is 3.08. The van der Waals surface area contributed by atoms with E-state index in [2.05, 4.69) is 10.3 Å². The Morgan fingerprint density at radius 2 is 2.00 bits per heavy atom. The van der Waals surface area contributed by atoms with Gasteiger partial charge in [0.15, 0.2) is 0 Å². The number of hydrogen-bond donors (Lipinski definition) is 1. The van der Waals surface area contributed by atoms with Gasteiger partial charge in [-0.15, -0.1) is 0 Å². The molecule has 2 atom stereocenters. The van der Waals surface area contributed by atoms with Crippen LogP contribution in [0, 0.1) is 0 Å². The van der Waals surface area contributed by atoms with Crippen LogP contribution in [0.2, 0.25) is 0 Å². The lowest BCUT2D eigenvalue weighted by molar-refractivity contribution is -0.00461. The van der Waals surface area contributed by atoms with E-state index < -0.39 is 0 Å². The molecule has 1 fully saturated rings. The molecule has 1 N–H and O–H groups in total. The molecule has 0 bridgehead atoms. The van der Waals surface area contributed by atoms with Gasteiger partial charge >= 0.3 is 0 Å². The second-order valence-electron chi connectivity index (χ2n) is 4.70. The van der Waals surface area contributed by atoms with Gasteiger partial charge in [-0.2, -0.15) is 0 Å². The van der Waals surface area contributed by atoms with Gasteiger partial charge in [0.25, 0.3) is 5.91 Å². The number of carbonyl (C=O) groups is 1. The molecule has 0 spiro atoms. The number of likely N-dealkylation sites (tertiary alicyclic amines) is 1. The summed E-state index contributed by atoms with van der Waals surface area (Å²) in [6, 6.07) is 5.40. The topological polar surface area (TPSA) is 63.7 Å². The zero-order valence-corrected chi connectivity index (χ0v) is 12.1. The molecule has 6 nitrogen and oxygen atoms in total. The number of rotatable bonds is 5. The van der Waals surface area contributed by atoms with Crippen LogP contribution < -0.4 is 5.32 Å². The van der Waals surface area contributed by atoms with Gasteiger partial charge in [0, 0.05) is 33.9 Å². The largest absolute Gasteiger partial charge is 0.377 e. The molecule has 110 valence electrons. The van der Waals surface area contributed by atoms with Gasteiger partial charge in [-0.3, -0.25) is 4.79 Å². The molecule has 0 radical (unpaired) electrons. The Morgan fingerprint density at radius 3 is 2.55 bits per heavy atom. The summed E-state index contributed by atoms with van der Waals surface area (Å²) in [5.41, 5.74) is 0.440. The zero-order valence-electron chi connectivity index (χ0n) is 12.1. The second kappa shape index (κ2) is 6.67. The summed E-state index contributed by atoms with van der Waals surface area (Å²) in [5.74, 6) is 0.621. The Balaban J connectivity index is 2.10. The molecule has 6 heteroatoms. The van der Waals surface area contributed by atoms with Gasteiger partial charge in [0.1, 0.15) is 23.7 Å². The number of aromatic nitrogens is 1. The molecule has 1 aromatic rings. The van der Waals surface area contributed by atoms with Crippen LogP contribution in [0.1, 0.15) is 17.4 Å². The SMILES string of the molecule is CCNc1cccc(C(=O)N2CC(OC)C(OC)C2)n1. The first-order chi connectivity index (χ1) is 9.69. The lowest BCUT2D eigenvalue weighted by Gasteiger charge is -2.15. The highest BCUT2D eigenvalue weighted by Crippen LogP contribution is 2.18. The average Bonchev–Trinajstić information content (AvgIpc) is 2.90. The quantitative estimate of drug-likeness (QED) is 0.871. The fourth-order valence-electron chi connectivity index (χ4n) is 2.36. The van der Waals surface area contributed by atoms with Crippen molar-refractivity contribution in [2.75, 3.05) is 39.2 Å². The highest BCUT2D eigenvalue weighted by Gasteiger charge is 2.36. The maximum Gasteiger partial charge on any atom is 0.272 e. The third-order valence-corrected chi connectivity index (χ3v) is 3.43. The Hall–Kier alpha value is -1.66. The van der Waals surface area contributed by atoms with Crippen LogP contribution in [0.15, 0.2) is 18.2 Å². The fraction of sp³-hybridized carbons (Fsp3) is 0.571. The number of hydrogen-bond acceptors (Lipinski definition) is 5. The number of ether oxygens (including phenoxy) is 2. The number of nitrogens with zero attached hydrogens (tertiary/aromatic N) is 2. The van der Waals surface area contributed by atoms with E-state index in [0.717, 1.165) is 6.54 Å². The summed E-state index contributed by atoms with van der Waals surface area (Å²) < 4.78 is 10.7. The van der Waals surface area contributed by atoms with Crippen LogP contribution in [0.3, 0.4) is 0 Å². The van der Waals surface area contributed by atoms with E-state index in [1.54, 1.807) is 25.2 Å².